The Kier molecular flexibility index (Phi) is 4.28. The van der Waals surface area contributed by atoms with Gasteiger partial charge in [0, 0.05) is 0 Å². The van der Waals surface area contributed by atoms with Gasteiger partial charge < -0.3 is 4.74 Å². The van der Waals surface area contributed by atoms with Gasteiger partial charge in [-0.2, -0.15) is 5.26 Å². The molecule has 3 heteroatoms. The molecule has 0 aliphatic heterocycles. The first kappa shape index (κ1) is 13.2. The van der Waals surface area contributed by atoms with Crippen LogP contribution in [0.15, 0.2) is 30.3 Å². The lowest BCUT2D eigenvalue weighted by Crippen LogP contribution is -2.28. The molecule has 1 unspecified atom stereocenters. The molecule has 0 saturated carbocycles. The summed E-state index contributed by atoms with van der Waals surface area (Å²) in [7, 11) is 0. The predicted molar refractivity (Wildman–Crippen MR) is 64.8 cm³/mol. The monoisotopic (exact) mass is 231 g/mol. The lowest BCUT2D eigenvalue weighted by molar-refractivity contribution is -0.151. The van der Waals surface area contributed by atoms with E-state index in [1.165, 1.54) is 0 Å². The minimum atomic E-state index is -0.730. The Morgan fingerprint density at radius 3 is 2.41 bits per heavy atom. The quantitative estimate of drug-likeness (QED) is 0.751. The minimum Gasteiger partial charge on any atom is -0.460 e. The van der Waals surface area contributed by atoms with Crippen molar-refractivity contribution in [1.29, 1.82) is 5.26 Å². The van der Waals surface area contributed by atoms with Crippen LogP contribution in [-0.4, -0.2) is 5.97 Å². The molecule has 0 bridgehead atoms. The second-order valence-corrected chi connectivity index (χ2v) is 5.02. The lowest BCUT2D eigenvalue weighted by atomic mass is 9.82. The zero-order chi connectivity index (χ0) is 12.9. The highest BCUT2D eigenvalue weighted by molar-refractivity contribution is 5.76. The molecule has 1 aromatic carbocycles. The Morgan fingerprint density at radius 2 is 1.94 bits per heavy atom. The van der Waals surface area contributed by atoms with E-state index in [1.807, 2.05) is 57.2 Å². The highest BCUT2D eigenvalue weighted by Crippen LogP contribution is 2.26. The topological polar surface area (TPSA) is 50.1 Å². The van der Waals surface area contributed by atoms with Crippen LogP contribution in [0.1, 0.15) is 26.3 Å². The van der Waals surface area contributed by atoms with E-state index in [4.69, 9.17) is 10.00 Å². The molecule has 1 atom stereocenters. The maximum atomic E-state index is 11.7. The van der Waals surface area contributed by atoms with Crippen LogP contribution >= 0.6 is 0 Å². The van der Waals surface area contributed by atoms with Gasteiger partial charge in [-0.3, -0.25) is 4.79 Å². The van der Waals surface area contributed by atoms with E-state index in [1.54, 1.807) is 0 Å². The molecule has 0 N–H and O–H groups in total. The fourth-order valence-corrected chi connectivity index (χ4v) is 1.41. The van der Waals surface area contributed by atoms with E-state index in [2.05, 4.69) is 0 Å². The van der Waals surface area contributed by atoms with E-state index in [9.17, 15) is 4.79 Å². The van der Waals surface area contributed by atoms with Gasteiger partial charge in [0.2, 0.25) is 0 Å². The van der Waals surface area contributed by atoms with E-state index < -0.39 is 17.3 Å². The maximum Gasteiger partial charge on any atom is 0.324 e. The lowest BCUT2D eigenvalue weighted by Gasteiger charge is -2.22. The largest absolute Gasteiger partial charge is 0.460 e. The number of esters is 1. The summed E-state index contributed by atoms with van der Waals surface area (Å²) in [6, 6.07) is 11.4. The van der Waals surface area contributed by atoms with Crippen LogP contribution in [0.25, 0.3) is 0 Å². The van der Waals surface area contributed by atoms with Gasteiger partial charge in [0.05, 0.1) is 6.07 Å². The van der Waals surface area contributed by atoms with Crippen LogP contribution in [0.3, 0.4) is 0 Å². The van der Waals surface area contributed by atoms with Gasteiger partial charge in [-0.05, 0) is 11.0 Å². The molecular weight excluding hydrogens is 214 g/mol. The average molecular weight is 231 g/mol. The van der Waals surface area contributed by atoms with Crippen molar-refractivity contribution in [3.63, 3.8) is 0 Å². The highest BCUT2D eigenvalue weighted by atomic mass is 16.5. The molecule has 1 aromatic rings. The third-order valence-corrected chi connectivity index (χ3v) is 2.45. The Morgan fingerprint density at radius 1 is 1.35 bits per heavy atom. The molecule has 1 rings (SSSR count). The van der Waals surface area contributed by atoms with Gasteiger partial charge >= 0.3 is 5.97 Å². The number of hydrogen-bond donors (Lipinski definition) is 0. The molecule has 0 saturated heterocycles. The molecule has 0 spiro atoms. The molecule has 0 aliphatic rings. The van der Waals surface area contributed by atoms with Crippen molar-refractivity contribution in [2.24, 2.45) is 11.3 Å². The minimum absolute atomic E-state index is 0.216. The van der Waals surface area contributed by atoms with E-state index >= 15 is 0 Å². The molecule has 3 nitrogen and oxygen atoms in total. The van der Waals surface area contributed by atoms with Crippen molar-refractivity contribution in [1.82, 2.24) is 0 Å². The third kappa shape index (κ3) is 3.92. The molecule has 0 radical (unpaired) electrons. The predicted octanol–water partition coefficient (Wildman–Crippen LogP) is 2.92. The second-order valence-electron chi connectivity index (χ2n) is 5.02. The highest BCUT2D eigenvalue weighted by Gasteiger charge is 2.32. The summed E-state index contributed by atoms with van der Waals surface area (Å²) in [5, 5.41) is 8.98. The van der Waals surface area contributed by atoms with Gasteiger partial charge in [0.15, 0.2) is 0 Å². The van der Waals surface area contributed by atoms with Crippen molar-refractivity contribution in [3.05, 3.63) is 35.9 Å². The Balaban J connectivity index is 2.59. The number of nitriles is 1. The van der Waals surface area contributed by atoms with Crippen LogP contribution in [0, 0.1) is 22.7 Å². The summed E-state index contributed by atoms with van der Waals surface area (Å²) in [4.78, 5) is 11.7. The first-order valence-corrected chi connectivity index (χ1v) is 5.55. The average Bonchev–Trinajstić information content (AvgIpc) is 2.27. The van der Waals surface area contributed by atoms with Crippen LogP contribution < -0.4 is 0 Å². The van der Waals surface area contributed by atoms with Gasteiger partial charge in [-0.25, -0.2) is 0 Å². The zero-order valence-electron chi connectivity index (χ0n) is 10.4. The number of carbonyl (C=O) groups is 1. The summed E-state index contributed by atoms with van der Waals surface area (Å²) in [5.41, 5.74) is 0.522. The van der Waals surface area contributed by atoms with Crippen molar-refractivity contribution in [2.45, 2.75) is 27.4 Å². The zero-order valence-corrected chi connectivity index (χ0v) is 10.4. The number of ether oxygens (including phenoxy) is 1. The Bertz CT molecular complexity index is 412. The Hall–Kier alpha value is -1.82. The number of benzene rings is 1. The summed E-state index contributed by atoms with van der Waals surface area (Å²) in [5.74, 6) is -1.19. The molecule has 0 aliphatic carbocycles. The van der Waals surface area contributed by atoms with Crippen LogP contribution in [-0.2, 0) is 16.1 Å². The summed E-state index contributed by atoms with van der Waals surface area (Å²) >= 11 is 0. The second kappa shape index (κ2) is 5.49. The molecule has 90 valence electrons. The van der Waals surface area contributed by atoms with Crippen LogP contribution in [0.2, 0.25) is 0 Å². The Labute approximate surface area is 102 Å². The van der Waals surface area contributed by atoms with Crippen molar-refractivity contribution in [2.75, 3.05) is 0 Å². The fourth-order valence-electron chi connectivity index (χ4n) is 1.41. The molecular formula is C14H17NO2. The van der Waals surface area contributed by atoms with Crippen LogP contribution in [0.4, 0.5) is 0 Å². The number of hydrogen-bond acceptors (Lipinski definition) is 3. The summed E-state index contributed by atoms with van der Waals surface area (Å²) < 4.78 is 5.15. The fraction of sp³-hybridized carbons (Fsp3) is 0.429. The molecule has 17 heavy (non-hydrogen) atoms. The first-order valence-electron chi connectivity index (χ1n) is 5.55. The number of carbonyl (C=O) groups excluding carboxylic acids is 1. The standard InChI is InChI=1S/C14H17NO2/c1-14(2,3)12(9-15)13(16)17-10-11-7-5-4-6-8-11/h4-8,12H,10H2,1-3H3. The molecule has 0 heterocycles. The number of nitrogens with zero attached hydrogens (tertiary/aromatic N) is 1. The normalized spacial score (nSPS) is 12.6. The summed E-state index contributed by atoms with van der Waals surface area (Å²) in [6.45, 7) is 5.77. The molecule has 0 amide bonds. The summed E-state index contributed by atoms with van der Waals surface area (Å²) in [6.07, 6.45) is 0. The van der Waals surface area contributed by atoms with E-state index in [0.717, 1.165) is 5.56 Å². The van der Waals surface area contributed by atoms with E-state index in [0.29, 0.717) is 0 Å². The van der Waals surface area contributed by atoms with Gasteiger partial charge in [-0.15, -0.1) is 0 Å². The maximum absolute atomic E-state index is 11.7. The van der Waals surface area contributed by atoms with Gasteiger partial charge in [0.25, 0.3) is 0 Å². The van der Waals surface area contributed by atoms with E-state index in [-0.39, 0.29) is 6.61 Å². The van der Waals surface area contributed by atoms with Crippen molar-refractivity contribution >= 4 is 5.97 Å². The molecule has 0 fully saturated rings. The SMILES string of the molecule is CC(C)(C)C(C#N)C(=O)OCc1ccccc1. The van der Waals surface area contributed by atoms with Gasteiger partial charge in [0.1, 0.15) is 12.5 Å². The van der Waals surface area contributed by atoms with Crippen molar-refractivity contribution in [3.8, 4) is 6.07 Å². The van der Waals surface area contributed by atoms with Crippen molar-refractivity contribution < 1.29 is 9.53 Å². The number of rotatable bonds is 3. The third-order valence-electron chi connectivity index (χ3n) is 2.45. The molecule has 0 aromatic heterocycles. The van der Waals surface area contributed by atoms with Crippen LogP contribution in [0.5, 0.6) is 0 Å². The smallest absolute Gasteiger partial charge is 0.324 e. The first-order chi connectivity index (χ1) is 7.95. The van der Waals surface area contributed by atoms with Gasteiger partial charge in [-0.1, -0.05) is 51.1 Å².